The van der Waals surface area contributed by atoms with Crippen LogP contribution in [-0.2, 0) is 11.2 Å². The number of carbonyl (C=O) groups excluding carboxylic acids is 1. The van der Waals surface area contributed by atoms with Crippen molar-refractivity contribution in [3.8, 4) is 11.5 Å². The molecule has 2 aromatic carbocycles. The molecule has 0 spiro atoms. The van der Waals surface area contributed by atoms with Crippen LogP contribution in [-0.4, -0.2) is 46.7 Å². The van der Waals surface area contributed by atoms with Gasteiger partial charge in [-0.25, -0.2) is 9.78 Å². The number of ether oxygens (including phenoxy) is 2. The molecule has 0 unspecified atom stereocenters. The van der Waals surface area contributed by atoms with Gasteiger partial charge < -0.3 is 24.9 Å². The fourth-order valence-electron chi connectivity index (χ4n) is 2.86. The van der Waals surface area contributed by atoms with E-state index in [0.717, 1.165) is 29.7 Å². The van der Waals surface area contributed by atoms with E-state index in [9.17, 15) is 9.59 Å². The number of amides is 1. The van der Waals surface area contributed by atoms with Crippen LogP contribution in [0.1, 0.15) is 29.5 Å². The number of aryl methyl sites for hydroxylation is 1. The summed E-state index contributed by atoms with van der Waals surface area (Å²) >= 11 is 0. The lowest BCUT2D eigenvalue weighted by Gasteiger charge is -2.12. The van der Waals surface area contributed by atoms with Crippen molar-refractivity contribution in [1.29, 1.82) is 0 Å². The van der Waals surface area contributed by atoms with Gasteiger partial charge in [0.05, 0.1) is 17.6 Å². The van der Waals surface area contributed by atoms with Crippen LogP contribution in [0.2, 0.25) is 0 Å². The summed E-state index contributed by atoms with van der Waals surface area (Å²) in [4.78, 5) is 30.9. The second kappa shape index (κ2) is 9.59. The molecule has 0 saturated heterocycles. The topological polar surface area (TPSA) is 114 Å². The molecule has 8 heteroatoms. The number of benzene rings is 2. The minimum absolute atomic E-state index is 0.236. The molecule has 152 valence electrons. The fraction of sp³-hybridized carbons (Fsp3) is 0.286. The van der Waals surface area contributed by atoms with E-state index in [1.807, 2.05) is 24.3 Å². The molecular formula is C21H23N3O5. The molecule has 3 rings (SSSR count). The number of aromatic nitrogens is 2. The maximum atomic E-state index is 12.4. The zero-order valence-corrected chi connectivity index (χ0v) is 16.1. The van der Waals surface area contributed by atoms with Gasteiger partial charge in [-0.05, 0) is 43.7 Å². The van der Waals surface area contributed by atoms with Crippen molar-refractivity contribution in [2.45, 2.75) is 19.8 Å². The molecule has 0 aliphatic carbocycles. The maximum Gasteiger partial charge on any atom is 0.341 e. The van der Waals surface area contributed by atoms with E-state index in [1.165, 1.54) is 6.07 Å². The molecule has 1 amide bonds. The summed E-state index contributed by atoms with van der Waals surface area (Å²) in [5, 5.41) is 11.6. The van der Waals surface area contributed by atoms with Crippen molar-refractivity contribution in [3.05, 3.63) is 53.9 Å². The Bertz CT molecular complexity index is 966. The smallest absolute Gasteiger partial charge is 0.341 e. The third-order valence-electron chi connectivity index (χ3n) is 4.17. The van der Waals surface area contributed by atoms with Crippen LogP contribution in [0.4, 0.5) is 0 Å². The van der Waals surface area contributed by atoms with E-state index in [4.69, 9.17) is 14.6 Å². The van der Waals surface area contributed by atoms with Crippen LogP contribution in [0.25, 0.3) is 11.0 Å². The third-order valence-corrected chi connectivity index (χ3v) is 4.17. The van der Waals surface area contributed by atoms with Gasteiger partial charge in [0.15, 0.2) is 18.1 Å². The van der Waals surface area contributed by atoms with Crippen LogP contribution >= 0.6 is 0 Å². The Balaban J connectivity index is 1.53. The maximum absolute atomic E-state index is 12.4. The van der Waals surface area contributed by atoms with Crippen LogP contribution in [0.15, 0.2) is 42.5 Å². The van der Waals surface area contributed by atoms with Gasteiger partial charge >= 0.3 is 5.97 Å². The normalized spacial score (nSPS) is 10.7. The minimum Gasteiger partial charge on any atom is -0.490 e. The lowest BCUT2D eigenvalue weighted by atomic mass is 10.2. The second-order valence-electron chi connectivity index (χ2n) is 6.34. The van der Waals surface area contributed by atoms with Crippen LogP contribution in [0.3, 0.4) is 0 Å². The van der Waals surface area contributed by atoms with Crippen molar-refractivity contribution in [2.24, 2.45) is 0 Å². The molecule has 3 N–H and O–H groups in total. The van der Waals surface area contributed by atoms with Gasteiger partial charge in [-0.2, -0.15) is 0 Å². The van der Waals surface area contributed by atoms with E-state index < -0.39 is 12.6 Å². The number of nitrogens with one attached hydrogen (secondary N) is 2. The van der Waals surface area contributed by atoms with Crippen molar-refractivity contribution in [3.63, 3.8) is 0 Å². The van der Waals surface area contributed by atoms with E-state index in [1.54, 1.807) is 19.1 Å². The monoisotopic (exact) mass is 397 g/mol. The standard InChI is InChI=1S/C21H23N3O5/c1-2-28-18-12-14(9-10-17(18)29-13-20(25)26)21(27)22-11-5-8-19-23-15-6-3-4-7-16(15)24-19/h3-4,6-7,9-10,12H,2,5,8,11,13H2,1H3,(H,22,27)(H,23,24)(H,25,26). The number of carboxylic acid groups (broad SMARTS) is 1. The summed E-state index contributed by atoms with van der Waals surface area (Å²) in [5.74, 6) is 0.192. The Hall–Kier alpha value is -3.55. The number of rotatable bonds is 10. The number of para-hydroxylation sites is 2. The molecule has 0 aliphatic heterocycles. The predicted octanol–water partition coefficient (Wildman–Crippen LogP) is 2.79. The highest BCUT2D eigenvalue weighted by Gasteiger charge is 2.12. The number of aliphatic carboxylic acids is 1. The van der Waals surface area contributed by atoms with Gasteiger partial charge in [-0.15, -0.1) is 0 Å². The molecule has 0 atom stereocenters. The zero-order chi connectivity index (χ0) is 20.6. The number of hydrogen-bond acceptors (Lipinski definition) is 5. The summed E-state index contributed by atoms with van der Waals surface area (Å²) in [5.41, 5.74) is 2.35. The molecule has 1 heterocycles. The Kier molecular flexibility index (Phi) is 6.67. The van der Waals surface area contributed by atoms with Crippen molar-refractivity contribution >= 4 is 22.9 Å². The highest BCUT2D eigenvalue weighted by molar-refractivity contribution is 5.94. The summed E-state index contributed by atoms with van der Waals surface area (Å²) in [6.45, 7) is 2.18. The van der Waals surface area contributed by atoms with E-state index >= 15 is 0 Å². The highest BCUT2D eigenvalue weighted by atomic mass is 16.5. The van der Waals surface area contributed by atoms with Crippen molar-refractivity contribution in [1.82, 2.24) is 15.3 Å². The average molecular weight is 397 g/mol. The number of aromatic amines is 1. The lowest BCUT2D eigenvalue weighted by Crippen LogP contribution is -2.25. The van der Waals surface area contributed by atoms with Gasteiger partial charge in [-0.3, -0.25) is 4.79 Å². The first-order valence-corrected chi connectivity index (χ1v) is 9.40. The van der Waals surface area contributed by atoms with E-state index in [2.05, 4.69) is 15.3 Å². The number of H-pyrrole nitrogens is 1. The predicted molar refractivity (Wildman–Crippen MR) is 107 cm³/mol. The third kappa shape index (κ3) is 5.47. The molecule has 0 bridgehead atoms. The molecule has 0 fully saturated rings. The van der Waals surface area contributed by atoms with Gasteiger partial charge in [0, 0.05) is 18.5 Å². The first kappa shape index (κ1) is 20.2. The van der Waals surface area contributed by atoms with Gasteiger partial charge in [0.25, 0.3) is 5.91 Å². The largest absolute Gasteiger partial charge is 0.490 e. The molecule has 0 aliphatic rings. The molecule has 0 saturated carbocycles. The van der Waals surface area contributed by atoms with Crippen LogP contribution < -0.4 is 14.8 Å². The summed E-state index contributed by atoms with van der Waals surface area (Å²) in [7, 11) is 0. The minimum atomic E-state index is -1.08. The van der Waals surface area contributed by atoms with Crippen molar-refractivity contribution < 1.29 is 24.2 Å². The zero-order valence-electron chi connectivity index (χ0n) is 16.1. The Morgan fingerprint density at radius 3 is 2.72 bits per heavy atom. The number of hydrogen-bond donors (Lipinski definition) is 3. The molecular weight excluding hydrogens is 374 g/mol. The number of fused-ring (bicyclic) bond motifs is 1. The van der Waals surface area contributed by atoms with Gasteiger partial charge in [0.2, 0.25) is 0 Å². The fourth-order valence-corrected chi connectivity index (χ4v) is 2.86. The molecule has 0 radical (unpaired) electrons. The second-order valence-corrected chi connectivity index (χ2v) is 6.34. The SMILES string of the molecule is CCOc1cc(C(=O)NCCCc2nc3ccccc3[nH]2)ccc1OCC(=O)O. The number of carboxylic acids is 1. The van der Waals surface area contributed by atoms with Gasteiger partial charge in [-0.1, -0.05) is 12.1 Å². The van der Waals surface area contributed by atoms with E-state index in [0.29, 0.717) is 24.5 Å². The number of imidazole rings is 1. The summed E-state index contributed by atoms with van der Waals surface area (Å²) in [6, 6.07) is 12.5. The quantitative estimate of drug-likeness (QED) is 0.453. The first-order chi connectivity index (χ1) is 14.1. The number of nitrogens with zero attached hydrogens (tertiary/aromatic N) is 1. The molecule has 8 nitrogen and oxygen atoms in total. The highest BCUT2D eigenvalue weighted by Crippen LogP contribution is 2.28. The average Bonchev–Trinajstić information content (AvgIpc) is 3.13. The Morgan fingerprint density at radius 2 is 1.97 bits per heavy atom. The number of carbonyl (C=O) groups is 2. The molecule has 3 aromatic rings. The first-order valence-electron chi connectivity index (χ1n) is 9.40. The molecule has 29 heavy (non-hydrogen) atoms. The van der Waals surface area contributed by atoms with Crippen molar-refractivity contribution in [2.75, 3.05) is 19.8 Å². The molecule has 1 aromatic heterocycles. The van der Waals surface area contributed by atoms with Gasteiger partial charge in [0.1, 0.15) is 5.82 Å². The van der Waals surface area contributed by atoms with Crippen LogP contribution in [0, 0.1) is 0 Å². The lowest BCUT2D eigenvalue weighted by molar-refractivity contribution is -0.139. The van der Waals surface area contributed by atoms with E-state index in [-0.39, 0.29) is 11.7 Å². The Labute approximate surface area is 167 Å². The summed E-state index contributed by atoms with van der Waals surface area (Å²) < 4.78 is 10.7. The summed E-state index contributed by atoms with van der Waals surface area (Å²) in [6.07, 6.45) is 1.46. The van der Waals surface area contributed by atoms with Crippen LogP contribution in [0.5, 0.6) is 11.5 Å². The Morgan fingerprint density at radius 1 is 1.14 bits per heavy atom.